The second-order valence-corrected chi connectivity index (χ2v) is 7.02. The topological polar surface area (TPSA) is 85.8 Å². The van der Waals surface area contributed by atoms with E-state index in [1.807, 2.05) is 26.1 Å². The fraction of sp³-hybridized carbons (Fsp3) is 0.263. The molecule has 0 saturated carbocycles. The fourth-order valence-electron chi connectivity index (χ4n) is 3.26. The molecular formula is C19H17FN6O2. The van der Waals surface area contributed by atoms with Gasteiger partial charge in [-0.1, -0.05) is 0 Å². The Morgan fingerprint density at radius 3 is 2.75 bits per heavy atom. The highest BCUT2D eigenvalue weighted by Crippen LogP contribution is 2.24. The SMILES string of the molecule is Cc1cn2nc(-c3cc(F)c4nc(NC(=O)C5COC5)cn4c3)cc(C)c2n1. The number of hydrogen-bond acceptors (Lipinski definition) is 5. The smallest absolute Gasteiger partial charge is 0.233 e. The predicted molar refractivity (Wildman–Crippen MR) is 99.5 cm³/mol. The van der Waals surface area contributed by atoms with Gasteiger partial charge in [-0.3, -0.25) is 4.79 Å². The number of anilines is 1. The first-order valence-corrected chi connectivity index (χ1v) is 8.89. The zero-order valence-electron chi connectivity index (χ0n) is 15.3. The zero-order valence-corrected chi connectivity index (χ0v) is 15.3. The quantitative estimate of drug-likeness (QED) is 0.590. The van der Waals surface area contributed by atoms with Crippen molar-refractivity contribution >= 4 is 23.0 Å². The van der Waals surface area contributed by atoms with Crippen LogP contribution in [0.5, 0.6) is 0 Å². The molecule has 4 aromatic heterocycles. The summed E-state index contributed by atoms with van der Waals surface area (Å²) in [6.45, 7) is 4.64. The van der Waals surface area contributed by atoms with Crippen molar-refractivity contribution in [3.05, 3.63) is 47.8 Å². The molecular weight excluding hydrogens is 363 g/mol. The molecule has 0 bridgehead atoms. The number of hydrogen-bond donors (Lipinski definition) is 1. The lowest BCUT2D eigenvalue weighted by atomic mass is 10.1. The second kappa shape index (κ2) is 6.10. The predicted octanol–water partition coefficient (Wildman–Crippen LogP) is 2.38. The van der Waals surface area contributed by atoms with E-state index in [1.54, 1.807) is 21.3 Å². The van der Waals surface area contributed by atoms with Gasteiger partial charge in [-0.15, -0.1) is 0 Å². The average Bonchev–Trinajstić information content (AvgIpc) is 3.15. The summed E-state index contributed by atoms with van der Waals surface area (Å²) < 4.78 is 22.9. The number of ether oxygens (including phenoxy) is 1. The number of carbonyl (C=O) groups excluding carboxylic acids is 1. The number of fused-ring (bicyclic) bond motifs is 2. The van der Waals surface area contributed by atoms with Crippen molar-refractivity contribution in [2.45, 2.75) is 13.8 Å². The van der Waals surface area contributed by atoms with Gasteiger partial charge in [0, 0.05) is 11.8 Å². The second-order valence-electron chi connectivity index (χ2n) is 7.02. The summed E-state index contributed by atoms with van der Waals surface area (Å²) in [5, 5.41) is 7.25. The van der Waals surface area contributed by atoms with E-state index < -0.39 is 5.82 Å². The van der Waals surface area contributed by atoms with E-state index in [9.17, 15) is 9.18 Å². The standard InChI is InChI=1S/C19H17FN6O2/c1-10-3-15(24-26-5-11(2)21-17(10)26)12-4-14(20)18-22-16(7-25(18)6-12)23-19(27)13-8-28-9-13/h3-7,13H,8-9H2,1-2H3,(H,23,27). The van der Waals surface area contributed by atoms with Crippen LogP contribution in [0.1, 0.15) is 11.3 Å². The van der Waals surface area contributed by atoms with Crippen molar-refractivity contribution in [2.24, 2.45) is 5.92 Å². The number of amides is 1. The third-order valence-electron chi connectivity index (χ3n) is 4.79. The molecule has 0 atom stereocenters. The largest absolute Gasteiger partial charge is 0.380 e. The van der Waals surface area contributed by atoms with Gasteiger partial charge in [0.05, 0.1) is 42.9 Å². The van der Waals surface area contributed by atoms with Crippen LogP contribution in [0, 0.1) is 25.6 Å². The number of halogens is 1. The van der Waals surface area contributed by atoms with Crippen LogP contribution < -0.4 is 5.32 Å². The lowest BCUT2D eigenvalue weighted by Gasteiger charge is -2.24. The fourth-order valence-corrected chi connectivity index (χ4v) is 3.26. The van der Waals surface area contributed by atoms with Gasteiger partial charge in [-0.05, 0) is 31.5 Å². The highest BCUT2D eigenvalue weighted by Gasteiger charge is 2.27. The van der Waals surface area contributed by atoms with Gasteiger partial charge in [0.2, 0.25) is 5.91 Å². The molecule has 1 amide bonds. The minimum absolute atomic E-state index is 0.139. The molecule has 0 aromatic carbocycles. The molecule has 0 aliphatic carbocycles. The van der Waals surface area contributed by atoms with E-state index in [2.05, 4.69) is 20.4 Å². The van der Waals surface area contributed by atoms with Crippen molar-refractivity contribution in [1.29, 1.82) is 0 Å². The normalized spacial score (nSPS) is 14.5. The molecule has 1 aliphatic heterocycles. The van der Waals surface area contributed by atoms with Crippen LogP contribution in [0.15, 0.2) is 30.7 Å². The molecule has 5 heterocycles. The maximum Gasteiger partial charge on any atom is 0.233 e. The Morgan fingerprint density at radius 1 is 1.18 bits per heavy atom. The van der Waals surface area contributed by atoms with E-state index in [4.69, 9.17) is 4.74 Å². The minimum atomic E-state index is -0.494. The number of nitrogens with one attached hydrogen (secondary N) is 1. The number of nitrogens with zero attached hydrogens (tertiary/aromatic N) is 5. The molecule has 1 N–H and O–H groups in total. The molecule has 5 rings (SSSR count). The van der Waals surface area contributed by atoms with Gasteiger partial charge >= 0.3 is 0 Å². The van der Waals surface area contributed by atoms with Gasteiger partial charge in [-0.2, -0.15) is 5.10 Å². The van der Waals surface area contributed by atoms with E-state index in [0.29, 0.717) is 30.3 Å². The molecule has 0 spiro atoms. The molecule has 28 heavy (non-hydrogen) atoms. The maximum atomic E-state index is 14.7. The monoisotopic (exact) mass is 380 g/mol. The molecule has 9 heteroatoms. The number of carbonyl (C=O) groups is 1. The summed E-state index contributed by atoms with van der Waals surface area (Å²) in [5.41, 5.74) is 3.94. The van der Waals surface area contributed by atoms with Crippen molar-refractivity contribution in [2.75, 3.05) is 18.5 Å². The third-order valence-corrected chi connectivity index (χ3v) is 4.79. The molecule has 1 saturated heterocycles. The Kier molecular flexibility index (Phi) is 3.66. The van der Waals surface area contributed by atoms with Gasteiger partial charge in [-0.25, -0.2) is 18.9 Å². The average molecular weight is 380 g/mol. The van der Waals surface area contributed by atoms with Crippen LogP contribution in [0.25, 0.3) is 22.6 Å². The molecule has 142 valence electrons. The first-order chi connectivity index (χ1) is 13.5. The Labute approximate surface area is 159 Å². The summed E-state index contributed by atoms with van der Waals surface area (Å²) in [5.74, 6) is -0.541. The Hall–Kier alpha value is -3.33. The molecule has 4 aromatic rings. The summed E-state index contributed by atoms with van der Waals surface area (Å²) >= 11 is 0. The lowest BCUT2D eigenvalue weighted by Crippen LogP contribution is -2.38. The highest BCUT2D eigenvalue weighted by molar-refractivity contribution is 5.92. The number of pyridine rings is 1. The summed E-state index contributed by atoms with van der Waals surface area (Å²) in [7, 11) is 0. The number of aryl methyl sites for hydroxylation is 2. The van der Waals surface area contributed by atoms with Crippen LogP contribution in [-0.2, 0) is 9.53 Å². The highest BCUT2D eigenvalue weighted by atomic mass is 19.1. The summed E-state index contributed by atoms with van der Waals surface area (Å²) in [4.78, 5) is 20.7. The molecule has 1 aliphatic rings. The minimum Gasteiger partial charge on any atom is -0.380 e. The van der Waals surface area contributed by atoms with E-state index in [0.717, 1.165) is 16.9 Å². The Morgan fingerprint density at radius 2 is 2.00 bits per heavy atom. The number of aromatic nitrogens is 5. The molecule has 1 fully saturated rings. The summed E-state index contributed by atoms with van der Waals surface area (Å²) in [6.07, 6.45) is 5.16. The van der Waals surface area contributed by atoms with Gasteiger partial charge in [0.25, 0.3) is 0 Å². The van der Waals surface area contributed by atoms with Crippen LogP contribution in [-0.4, -0.2) is 43.1 Å². The maximum absolute atomic E-state index is 14.7. The van der Waals surface area contributed by atoms with E-state index >= 15 is 0 Å². The first kappa shape index (κ1) is 16.8. The Balaban J connectivity index is 1.54. The van der Waals surface area contributed by atoms with Crippen LogP contribution >= 0.6 is 0 Å². The van der Waals surface area contributed by atoms with Crippen LogP contribution in [0.3, 0.4) is 0 Å². The van der Waals surface area contributed by atoms with Crippen molar-refractivity contribution in [3.63, 3.8) is 0 Å². The van der Waals surface area contributed by atoms with Crippen LogP contribution in [0.2, 0.25) is 0 Å². The third kappa shape index (κ3) is 2.71. The van der Waals surface area contributed by atoms with Crippen LogP contribution in [0.4, 0.5) is 10.2 Å². The van der Waals surface area contributed by atoms with Crippen molar-refractivity contribution in [1.82, 2.24) is 24.0 Å². The molecule has 0 unspecified atom stereocenters. The van der Waals surface area contributed by atoms with E-state index in [1.165, 1.54) is 6.07 Å². The number of imidazole rings is 2. The molecule has 0 radical (unpaired) electrons. The lowest BCUT2D eigenvalue weighted by molar-refractivity contribution is -0.133. The number of rotatable bonds is 3. The first-order valence-electron chi connectivity index (χ1n) is 8.89. The van der Waals surface area contributed by atoms with Gasteiger partial charge < -0.3 is 14.5 Å². The van der Waals surface area contributed by atoms with E-state index in [-0.39, 0.29) is 17.5 Å². The molecule has 8 nitrogen and oxygen atoms in total. The van der Waals surface area contributed by atoms with Gasteiger partial charge in [0.15, 0.2) is 22.9 Å². The van der Waals surface area contributed by atoms with Crippen molar-refractivity contribution in [3.8, 4) is 11.3 Å². The summed E-state index contributed by atoms with van der Waals surface area (Å²) in [6, 6.07) is 3.27. The zero-order chi connectivity index (χ0) is 19.4. The van der Waals surface area contributed by atoms with Gasteiger partial charge in [0.1, 0.15) is 0 Å². The Bertz CT molecular complexity index is 1240. The van der Waals surface area contributed by atoms with Crippen molar-refractivity contribution < 1.29 is 13.9 Å².